The van der Waals surface area contributed by atoms with Gasteiger partial charge < -0.3 is 9.64 Å². The average Bonchev–Trinajstić information content (AvgIpc) is 2.98. The Kier molecular flexibility index (Phi) is 4.98. The van der Waals surface area contributed by atoms with Crippen molar-refractivity contribution in [1.82, 2.24) is 13.6 Å². The van der Waals surface area contributed by atoms with Crippen LogP contribution < -0.4 is 4.74 Å². The van der Waals surface area contributed by atoms with Crippen LogP contribution in [0.25, 0.3) is 5.57 Å². The van der Waals surface area contributed by atoms with Crippen LogP contribution in [-0.4, -0.2) is 46.7 Å². The van der Waals surface area contributed by atoms with Gasteiger partial charge in [-0.2, -0.15) is 4.37 Å². The molecule has 0 bridgehead atoms. The third kappa shape index (κ3) is 5.32. The number of halogens is 2. The van der Waals surface area contributed by atoms with Crippen LogP contribution in [0.4, 0.5) is 8.78 Å². The Labute approximate surface area is 132 Å². The Morgan fingerprint density at radius 3 is 3.14 bits per heavy atom. The smallest absolute Gasteiger partial charge is 0.253 e. The number of alkyl halides is 2. The largest absolute Gasteiger partial charge is 0.475 e. The molecule has 0 amide bonds. The summed E-state index contributed by atoms with van der Waals surface area (Å²) >= 11 is 1.02. The summed E-state index contributed by atoms with van der Waals surface area (Å²) in [5, 5.41) is 0. The van der Waals surface area contributed by atoms with Gasteiger partial charge in [0.2, 0.25) is 6.43 Å². The lowest BCUT2D eigenvalue weighted by Gasteiger charge is -2.22. The summed E-state index contributed by atoms with van der Waals surface area (Å²) in [5.74, 6) is 0.396. The van der Waals surface area contributed by atoms with Crippen LogP contribution in [-0.2, 0) is 0 Å². The molecular formula is C14H21F2N3OS. The van der Waals surface area contributed by atoms with E-state index in [9.17, 15) is 8.78 Å². The number of rotatable bonds is 8. The van der Waals surface area contributed by atoms with Crippen LogP contribution >= 0.6 is 11.7 Å². The molecule has 0 radical (unpaired) electrons. The lowest BCUT2D eigenvalue weighted by molar-refractivity contribution is 0.133. The van der Waals surface area contributed by atoms with Gasteiger partial charge in [0.05, 0.1) is 18.3 Å². The van der Waals surface area contributed by atoms with Gasteiger partial charge >= 0.3 is 0 Å². The van der Waals surface area contributed by atoms with Crippen LogP contribution in [0.5, 0.6) is 5.88 Å². The van der Waals surface area contributed by atoms with Gasteiger partial charge in [-0.3, -0.25) is 0 Å². The Balaban J connectivity index is 1.85. The van der Waals surface area contributed by atoms with Gasteiger partial charge in [0.25, 0.3) is 5.88 Å². The molecule has 2 heterocycles. The minimum absolute atomic E-state index is 0.0820. The Morgan fingerprint density at radius 1 is 1.43 bits per heavy atom. The molecule has 1 aliphatic heterocycles. The van der Waals surface area contributed by atoms with Crippen molar-refractivity contribution in [1.29, 1.82) is 0 Å². The van der Waals surface area contributed by atoms with Gasteiger partial charge in [0.15, 0.2) is 0 Å². The minimum atomic E-state index is -2.25. The van der Waals surface area contributed by atoms with Crippen molar-refractivity contribution in [3.8, 4) is 5.88 Å². The van der Waals surface area contributed by atoms with Crippen molar-refractivity contribution in [2.24, 2.45) is 0 Å². The van der Waals surface area contributed by atoms with Crippen molar-refractivity contribution < 1.29 is 17.6 Å². The molecule has 0 aromatic carbocycles. The number of ether oxygens (including phenoxy) is 1. The van der Waals surface area contributed by atoms with E-state index in [-0.39, 0.29) is 13.0 Å². The molecule has 1 aliphatic rings. The normalized spacial score (nSPS) is 19.0. The minimum Gasteiger partial charge on any atom is -0.475 e. The van der Waals surface area contributed by atoms with Crippen LogP contribution in [0.1, 0.15) is 41.9 Å². The monoisotopic (exact) mass is 320 g/mol. The molecule has 0 fully saturated rings. The van der Waals surface area contributed by atoms with Crippen LogP contribution in [0.3, 0.4) is 0 Å². The number of aromatic nitrogens is 2. The molecule has 0 atom stereocenters. The molecule has 2 rings (SSSR count). The summed E-state index contributed by atoms with van der Waals surface area (Å²) in [6.45, 7) is -0.975. The predicted octanol–water partition coefficient (Wildman–Crippen LogP) is 3.46. The average molecular weight is 320 g/mol. The second-order valence-corrected chi connectivity index (χ2v) is 5.47. The highest BCUT2D eigenvalue weighted by atomic mass is 32.1. The molecule has 1 aromatic rings. The fraction of sp³-hybridized carbons (Fsp3) is 0.714. The first-order chi connectivity index (χ1) is 11.4. The summed E-state index contributed by atoms with van der Waals surface area (Å²) < 4.78 is 60.6. The van der Waals surface area contributed by atoms with Gasteiger partial charge in [-0.1, -0.05) is 6.08 Å². The lowest BCUT2D eigenvalue weighted by Crippen LogP contribution is -2.25. The van der Waals surface area contributed by atoms with E-state index in [2.05, 4.69) is 8.75 Å². The zero-order valence-corrected chi connectivity index (χ0v) is 12.5. The van der Waals surface area contributed by atoms with Gasteiger partial charge in [-0.05, 0) is 38.2 Å². The van der Waals surface area contributed by atoms with E-state index in [1.165, 1.54) is 4.90 Å². The van der Waals surface area contributed by atoms with Crippen molar-refractivity contribution in [3.63, 3.8) is 0 Å². The fourth-order valence-electron chi connectivity index (χ4n) is 2.13. The third-order valence-electron chi connectivity index (χ3n) is 3.22. The van der Waals surface area contributed by atoms with Crippen LogP contribution in [0.2, 0.25) is 0 Å². The summed E-state index contributed by atoms with van der Waals surface area (Å²) in [6.07, 6.45) is 2.09. The molecule has 21 heavy (non-hydrogen) atoms. The zero-order chi connectivity index (χ0) is 17.6. The topological polar surface area (TPSA) is 38.2 Å². The van der Waals surface area contributed by atoms with Gasteiger partial charge in [-0.25, -0.2) is 8.78 Å². The highest BCUT2D eigenvalue weighted by molar-refractivity contribution is 6.99. The maximum absolute atomic E-state index is 12.0. The van der Waals surface area contributed by atoms with Gasteiger partial charge in [0.1, 0.15) is 5.69 Å². The first-order valence-electron chi connectivity index (χ1n) is 8.56. The lowest BCUT2D eigenvalue weighted by atomic mass is 10.1. The van der Waals surface area contributed by atoms with E-state index in [4.69, 9.17) is 8.85 Å². The van der Waals surface area contributed by atoms with E-state index < -0.39 is 13.4 Å². The number of unbranched alkanes of at least 4 members (excludes halogenated alkanes) is 2. The molecule has 0 aliphatic carbocycles. The maximum atomic E-state index is 12.0. The summed E-state index contributed by atoms with van der Waals surface area (Å²) in [4.78, 5) is 1.43. The molecule has 0 spiro atoms. The van der Waals surface area contributed by atoms with E-state index in [1.807, 2.05) is 6.08 Å². The molecule has 4 nitrogen and oxygen atoms in total. The molecular weight excluding hydrogens is 296 g/mol. The standard InChI is InChI=1S/C14H21F2N3OS/c1-19-8-5-6-11(10-19)13-14(18-21-17-13)20-9-4-2-3-7-12(15)16/h6,12H,2-5,7-10H2,1H3/i1D3. The van der Waals surface area contributed by atoms with Gasteiger partial charge in [0, 0.05) is 23.6 Å². The molecule has 0 N–H and O–H groups in total. The Morgan fingerprint density at radius 2 is 2.33 bits per heavy atom. The van der Waals surface area contributed by atoms with E-state index in [0.29, 0.717) is 50.4 Å². The van der Waals surface area contributed by atoms with E-state index in [1.54, 1.807) is 0 Å². The number of nitrogens with zero attached hydrogens (tertiary/aromatic N) is 3. The fourth-order valence-corrected chi connectivity index (χ4v) is 2.66. The van der Waals surface area contributed by atoms with Crippen LogP contribution in [0.15, 0.2) is 6.08 Å². The third-order valence-corrected chi connectivity index (χ3v) is 3.73. The van der Waals surface area contributed by atoms with Crippen molar-refractivity contribution >= 4 is 17.3 Å². The molecule has 118 valence electrons. The molecule has 0 saturated carbocycles. The molecule has 1 aromatic heterocycles. The quantitative estimate of drug-likeness (QED) is 0.688. The van der Waals surface area contributed by atoms with Crippen LogP contribution in [0, 0.1) is 0 Å². The second-order valence-electron chi connectivity index (χ2n) is 4.95. The molecule has 0 unspecified atom stereocenters. The van der Waals surface area contributed by atoms with E-state index >= 15 is 0 Å². The van der Waals surface area contributed by atoms with Crippen molar-refractivity contribution in [2.45, 2.75) is 38.5 Å². The highest BCUT2D eigenvalue weighted by Crippen LogP contribution is 2.27. The predicted molar refractivity (Wildman–Crippen MR) is 80.0 cm³/mol. The SMILES string of the molecule is [2H]C([2H])([2H])N1CCC=C(c2nsnc2OCCCCCC(F)F)C1. The zero-order valence-electron chi connectivity index (χ0n) is 14.7. The molecule has 0 saturated heterocycles. The maximum Gasteiger partial charge on any atom is 0.253 e. The summed E-state index contributed by atoms with van der Waals surface area (Å²) in [7, 11) is 0. The first kappa shape index (κ1) is 12.5. The van der Waals surface area contributed by atoms with Gasteiger partial charge in [-0.15, -0.1) is 4.37 Å². The number of likely N-dealkylation sites (N-methyl/N-ethyl adjacent to an activating group) is 1. The second kappa shape index (κ2) is 8.38. The highest BCUT2D eigenvalue weighted by Gasteiger charge is 2.18. The van der Waals surface area contributed by atoms with E-state index in [0.717, 1.165) is 17.3 Å². The first-order valence-corrected chi connectivity index (χ1v) is 7.79. The number of hydrogen-bond donors (Lipinski definition) is 0. The van der Waals surface area contributed by atoms with Crippen molar-refractivity contribution in [3.05, 3.63) is 11.8 Å². The summed E-state index contributed by atoms with van der Waals surface area (Å²) in [5.41, 5.74) is 1.39. The number of hydrogen-bond acceptors (Lipinski definition) is 5. The Bertz CT molecular complexity index is 552. The summed E-state index contributed by atoms with van der Waals surface area (Å²) in [6, 6.07) is 0. The van der Waals surface area contributed by atoms with Crippen molar-refractivity contribution in [2.75, 3.05) is 26.7 Å². The Hall–Kier alpha value is -1.08. The molecule has 7 heteroatoms.